The van der Waals surface area contributed by atoms with E-state index in [-0.39, 0.29) is 11.1 Å². The summed E-state index contributed by atoms with van der Waals surface area (Å²) in [4.78, 5) is 11.8. The Balaban J connectivity index is 2.62. The molecule has 0 fully saturated rings. The maximum absolute atomic E-state index is 11.8. The van der Waals surface area contributed by atoms with Gasteiger partial charge in [-0.2, -0.15) is 5.26 Å². The molecule has 84 valence electrons. The third-order valence-corrected chi connectivity index (χ3v) is 2.77. The smallest absolute Gasteiger partial charge is 0.268 e. The van der Waals surface area contributed by atoms with E-state index in [1.807, 2.05) is 37.3 Å². The molecule has 0 aliphatic carbocycles. The van der Waals surface area contributed by atoms with Gasteiger partial charge in [-0.3, -0.25) is 4.79 Å². The zero-order valence-corrected chi connectivity index (χ0v) is 9.77. The van der Waals surface area contributed by atoms with Gasteiger partial charge in [0.1, 0.15) is 11.6 Å². The molecule has 3 heteroatoms. The van der Waals surface area contributed by atoms with Crippen molar-refractivity contribution in [2.45, 2.75) is 6.92 Å². The fourth-order valence-corrected chi connectivity index (χ4v) is 1.73. The molecule has 0 aliphatic rings. The van der Waals surface area contributed by atoms with Crippen molar-refractivity contribution in [2.24, 2.45) is 7.05 Å². The van der Waals surface area contributed by atoms with Gasteiger partial charge in [-0.1, -0.05) is 29.8 Å². The van der Waals surface area contributed by atoms with E-state index in [0.717, 1.165) is 11.3 Å². The van der Waals surface area contributed by atoms with Gasteiger partial charge in [0.05, 0.1) is 5.69 Å². The van der Waals surface area contributed by atoms with E-state index < -0.39 is 0 Å². The van der Waals surface area contributed by atoms with E-state index in [0.29, 0.717) is 0 Å². The van der Waals surface area contributed by atoms with Gasteiger partial charge in [0.25, 0.3) is 5.56 Å². The summed E-state index contributed by atoms with van der Waals surface area (Å²) in [6.45, 7) is 2.02. The molecule has 2 aromatic rings. The summed E-state index contributed by atoms with van der Waals surface area (Å²) in [5.74, 6) is 0. The Bertz CT molecular complexity index is 645. The van der Waals surface area contributed by atoms with Gasteiger partial charge in [0.15, 0.2) is 0 Å². The number of nitriles is 1. The lowest BCUT2D eigenvalue weighted by Gasteiger charge is -2.08. The molecule has 1 heterocycles. The molecule has 0 amide bonds. The van der Waals surface area contributed by atoms with Crippen molar-refractivity contribution in [2.75, 3.05) is 0 Å². The molecule has 0 atom stereocenters. The summed E-state index contributed by atoms with van der Waals surface area (Å²) in [6, 6.07) is 13.2. The van der Waals surface area contributed by atoms with Gasteiger partial charge in [0.2, 0.25) is 0 Å². The maximum atomic E-state index is 11.8. The zero-order valence-electron chi connectivity index (χ0n) is 9.77. The summed E-state index contributed by atoms with van der Waals surface area (Å²) in [6.07, 6.45) is 0. The predicted molar refractivity (Wildman–Crippen MR) is 66.6 cm³/mol. The second kappa shape index (κ2) is 4.26. The Labute approximate surface area is 99.6 Å². The number of hydrogen-bond acceptors (Lipinski definition) is 2. The average molecular weight is 224 g/mol. The largest absolute Gasteiger partial charge is 0.310 e. The third-order valence-electron chi connectivity index (χ3n) is 2.77. The van der Waals surface area contributed by atoms with E-state index in [2.05, 4.69) is 0 Å². The Hall–Kier alpha value is -2.34. The van der Waals surface area contributed by atoms with Crippen LogP contribution < -0.4 is 5.56 Å². The van der Waals surface area contributed by atoms with Crippen LogP contribution in [0.15, 0.2) is 41.2 Å². The standard InChI is InChI=1S/C14H12N2O/c1-10-3-5-11(6-4-10)13-8-7-12(9-15)14(17)16(13)2/h3-8H,1-2H3. The van der Waals surface area contributed by atoms with Crippen LogP contribution in [0.4, 0.5) is 0 Å². The van der Waals surface area contributed by atoms with Crippen molar-refractivity contribution in [3.05, 3.63) is 57.9 Å². The van der Waals surface area contributed by atoms with Crippen molar-refractivity contribution in [3.63, 3.8) is 0 Å². The van der Waals surface area contributed by atoms with Crippen molar-refractivity contribution in [3.8, 4) is 17.3 Å². The molecular formula is C14H12N2O. The lowest BCUT2D eigenvalue weighted by Crippen LogP contribution is -2.20. The number of hydrogen-bond donors (Lipinski definition) is 0. The van der Waals surface area contributed by atoms with Crippen molar-refractivity contribution >= 4 is 0 Å². The number of nitrogens with zero attached hydrogens (tertiary/aromatic N) is 2. The van der Waals surface area contributed by atoms with Crippen LogP contribution in [-0.2, 0) is 7.05 Å². The quantitative estimate of drug-likeness (QED) is 0.745. The van der Waals surface area contributed by atoms with E-state index >= 15 is 0 Å². The van der Waals surface area contributed by atoms with Gasteiger partial charge in [0, 0.05) is 7.05 Å². The molecule has 17 heavy (non-hydrogen) atoms. The van der Waals surface area contributed by atoms with Gasteiger partial charge in [-0.25, -0.2) is 0 Å². The Morgan fingerprint density at radius 2 is 1.76 bits per heavy atom. The van der Waals surface area contributed by atoms with Gasteiger partial charge in [-0.05, 0) is 24.6 Å². The Morgan fingerprint density at radius 3 is 2.35 bits per heavy atom. The van der Waals surface area contributed by atoms with Crippen molar-refractivity contribution < 1.29 is 0 Å². The van der Waals surface area contributed by atoms with Gasteiger partial charge < -0.3 is 4.57 Å². The lowest BCUT2D eigenvalue weighted by atomic mass is 10.1. The summed E-state index contributed by atoms with van der Waals surface area (Å²) < 4.78 is 1.50. The first-order valence-electron chi connectivity index (χ1n) is 5.30. The second-order valence-electron chi connectivity index (χ2n) is 3.97. The molecule has 1 aromatic carbocycles. The SMILES string of the molecule is Cc1ccc(-c2ccc(C#N)c(=O)n2C)cc1. The van der Waals surface area contributed by atoms with Crippen LogP contribution >= 0.6 is 0 Å². The first-order chi connectivity index (χ1) is 8.13. The summed E-state index contributed by atoms with van der Waals surface area (Å²) in [5.41, 5.74) is 2.87. The topological polar surface area (TPSA) is 45.8 Å². The molecule has 0 unspecified atom stereocenters. The van der Waals surface area contributed by atoms with Crippen LogP contribution in [0.2, 0.25) is 0 Å². The minimum Gasteiger partial charge on any atom is -0.310 e. The molecule has 1 aromatic heterocycles. The first kappa shape index (κ1) is 11.2. The Morgan fingerprint density at radius 1 is 1.12 bits per heavy atom. The van der Waals surface area contributed by atoms with Crippen LogP contribution in [0, 0.1) is 18.3 Å². The summed E-state index contributed by atoms with van der Waals surface area (Å²) >= 11 is 0. The molecule has 0 saturated carbocycles. The van der Waals surface area contributed by atoms with E-state index in [1.54, 1.807) is 19.2 Å². The predicted octanol–water partition coefficient (Wildman–Crippen LogP) is 2.23. The molecule has 3 nitrogen and oxygen atoms in total. The molecule has 0 aliphatic heterocycles. The van der Waals surface area contributed by atoms with Crippen LogP contribution in [-0.4, -0.2) is 4.57 Å². The van der Waals surface area contributed by atoms with Crippen LogP contribution in [0.5, 0.6) is 0 Å². The van der Waals surface area contributed by atoms with E-state index in [4.69, 9.17) is 5.26 Å². The minimum atomic E-state index is -0.259. The number of benzene rings is 1. The zero-order chi connectivity index (χ0) is 12.4. The third kappa shape index (κ3) is 1.98. The summed E-state index contributed by atoms with van der Waals surface area (Å²) in [7, 11) is 1.68. The molecule has 0 saturated heterocycles. The van der Waals surface area contributed by atoms with Gasteiger partial charge in [-0.15, -0.1) is 0 Å². The Kier molecular flexibility index (Phi) is 2.80. The number of aromatic nitrogens is 1. The number of rotatable bonds is 1. The first-order valence-corrected chi connectivity index (χ1v) is 5.30. The highest BCUT2D eigenvalue weighted by molar-refractivity contribution is 5.60. The van der Waals surface area contributed by atoms with Crippen molar-refractivity contribution in [1.82, 2.24) is 4.57 Å². The fraction of sp³-hybridized carbons (Fsp3) is 0.143. The molecule has 0 bridgehead atoms. The molecule has 0 spiro atoms. The fourth-order valence-electron chi connectivity index (χ4n) is 1.73. The molecule has 0 radical (unpaired) electrons. The molecule has 0 N–H and O–H groups in total. The van der Waals surface area contributed by atoms with Crippen LogP contribution in [0.25, 0.3) is 11.3 Å². The van der Waals surface area contributed by atoms with Gasteiger partial charge >= 0.3 is 0 Å². The van der Waals surface area contributed by atoms with Crippen LogP contribution in [0.1, 0.15) is 11.1 Å². The number of aryl methyl sites for hydroxylation is 1. The highest BCUT2D eigenvalue weighted by atomic mass is 16.1. The molecular weight excluding hydrogens is 212 g/mol. The minimum absolute atomic E-state index is 0.170. The number of pyridine rings is 1. The van der Waals surface area contributed by atoms with Crippen molar-refractivity contribution in [1.29, 1.82) is 5.26 Å². The second-order valence-corrected chi connectivity index (χ2v) is 3.97. The van der Waals surface area contributed by atoms with E-state index in [9.17, 15) is 4.79 Å². The van der Waals surface area contributed by atoms with E-state index in [1.165, 1.54) is 10.1 Å². The maximum Gasteiger partial charge on any atom is 0.268 e. The average Bonchev–Trinajstić information content (AvgIpc) is 2.34. The monoisotopic (exact) mass is 224 g/mol. The molecule has 2 rings (SSSR count). The summed E-state index contributed by atoms with van der Waals surface area (Å²) in [5, 5.41) is 8.78. The highest BCUT2D eigenvalue weighted by Gasteiger charge is 2.06. The highest BCUT2D eigenvalue weighted by Crippen LogP contribution is 2.17. The van der Waals surface area contributed by atoms with Crippen LogP contribution in [0.3, 0.4) is 0 Å². The lowest BCUT2D eigenvalue weighted by molar-refractivity contribution is 0.865. The normalized spacial score (nSPS) is 9.94.